The second-order valence-electron chi connectivity index (χ2n) is 2.12. The van der Waals surface area contributed by atoms with Gasteiger partial charge in [-0.15, -0.1) is 12.3 Å². The van der Waals surface area contributed by atoms with E-state index in [1.807, 2.05) is 0 Å². The van der Waals surface area contributed by atoms with E-state index in [0.717, 1.165) is 0 Å². The van der Waals surface area contributed by atoms with E-state index in [1.54, 1.807) is 0 Å². The Hall–Kier alpha value is -1.21. The van der Waals surface area contributed by atoms with Crippen LogP contribution in [-0.4, -0.2) is 23.4 Å². The molecule has 0 bridgehead atoms. The standard InChI is InChI=1S/C7H11NO3/c1-3-4-6(5(2)9)11-7(8)10/h1,5-6,9H,4H2,2H3,(H2,8,10)/t5-,6-/m0/s1. The molecule has 0 aromatic rings. The lowest BCUT2D eigenvalue weighted by Crippen LogP contribution is -2.31. The van der Waals surface area contributed by atoms with Gasteiger partial charge in [-0.05, 0) is 6.92 Å². The second kappa shape index (κ2) is 4.58. The van der Waals surface area contributed by atoms with Gasteiger partial charge < -0.3 is 15.6 Å². The minimum absolute atomic E-state index is 0.167. The Balaban J connectivity index is 3.91. The summed E-state index contributed by atoms with van der Waals surface area (Å²) in [4.78, 5) is 10.2. The molecule has 0 aromatic carbocycles. The maximum atomic E-state index is 10.2. The quantitative estimate of drug-likeness (QED) is 0.560. The van der Waals surface area contributed by atoms with E-state index in [9.17, 15) is 4.79 Å². The molecule has 0 heterocycles. The van der Waals surface area contributed by atoms with Crippen LogP contribution in [0.1, 0.15) is 13.3 Å². The number of carbonyl (C=O) groups excluding carboxylic acids is 1. The molecular formula is C7H11NO3. The Bertz CT molecular complexity index is 171. The predicted octanol–water partition coefficient (Wildman–Crippen LogP) is -0.146. The number of nitrogens with two attached hydrogens (primary N) is 1. The van der Waals surface area contributed by atoms with Gasteiger partial charge in [-0.3, -0.25) is 0 Å². The first kappa shape index (κ1) is 9.79. The van der Waals surface area contributed by atoms with Crippen LogP contribution in [0.4, 0.5) is 4.79 Å². The van der Waals surface area contributed by atoms with Gasteiger partial charge >= 0.3 is 6.09 Å². The summed E-state index contributed by atoms with van der Waals surface area (Å²) in [7, 11) is 0. The number of ether oxygens (including phenoxy) is 1. The van der Waals surface area contributed by atoms with Gasteiger partial charge in [-0.25, -0.2) is 4.79 Å². The molecule has 0 aromatic heterocycles. The molecule has 3 N–H and O–H groups in total. The number of aliphatic hydroxyl groups is 1. The van der Waals surface area contributed by atoms with Crippen molar-refractivity contribution in [1.29, 1.82) is 0 Å². The van der Waals surface area contributed by atoms with Crippen molar-refractivity contribution in [3.63, 3.8) is 0 Å². The van der Waals surface area contributed by atoms with Gasteiger partial charge in [0.05, 0.1) is 6.10 Å². The molecule has 0 aliphatic heterocycles. The molecule has 0 radical (unpaired) electrons. The normalized spacial score (nSPS) is 14.6. The van der Waals surface area contributed by atoms with Gasteiger partial charge in [0.1, 0.15) is 6.10 Å². The summed E-state index contributed by atoms with van der Waals surface area (Å²) in [6.07, 6.45) is 2.70. The van der Waals surface area contributed by atoms with Crippen LogP contribution in [0.3, 0.4) is 0 Å². The van der Waals surface area contributed by atoms with Crippen molar-refractivity contribution in [3.8, 4) is 12.3 Å². The third-order valence-corrected chi connectivity index (χ3v) is 1.12. The van der Waals surface area contributed by atoms with Crippen LogP contribution in [0.2, 0.25) is 0 Å². The van der Waals surface area contributed by atoms with Gasteiger partial charge in [0.2, 0.25) is 0 Å². The third kappa shape index (κ3) is 4.23. The third-order valence-electron chi connectivity index (χ3n) is 1.12. The molecule has 0 saturated heterocycles. The topological polar surface area (TPSA) is 72.5 Å². The van der Waals surface area contributed by atoms with Gasteiger partial charge in [-0.2, -0.15) is 0 Å². The maximum Gasteiger partial charge on any atom is 0.404 e. The highest BCUT2D eigenvalue weighted by Crippen LogP contribution is 2.02. The summed E-state index contributed by atoms with van der Waals surface area (Å²) in [5, 5.41) is 8.96. The van der Waals surface area contributed by atoms with Crippen molar-refractivity contribution in [3.05, 3.63) is 0 Å². The summed E-state index contributed by atoms with van der Waals surface area (Å²) < 4.78 is 4.50. The van der Waals surface area contributed by atoms with Crippen molar-refractivity contribution in [1.82, 2.24) is 0 Å². The van der Waals surface area contributed by atoms with Gasteiger partial charge in [0.25, 0.3) is 0 Å². The Kier molecular flexibility index (Phi) is 4.08. The summed E-state index contributed by atoms with van der Waals surface area (Å²) in [6, 6.07) is 0. The summed E-state index contributed by atoms with van der Waals surface area (Å²) >= 11 is 0. The Morgan fingerprint density at radius 2 is 2.45 bits per heavy atom. The molecule has 0 saturated carbocycles. The van der Waals surface area contributed by atoms with Crippen molar-refractivity contribution < 1.29 is 14.6 Å². The van der Waals surface area contributed by atoms with E-state index in [4.69, 9.17) is 17.3 Å². The van der Waals surface area contributed by atoms with Crippen LogP contribution in [-0.2, 0) is 4.74 Å². The smallest absolute Gasteiger partial charge is 0.404 e. The van der Waals surface area contributed by atoms with E-state index in [0.29, 0.717) is 0 Å². The number of carbonyl (C=O) groups is 1. The van der Waals surface area contributed by atoms with Gasteiger partial charge in [0, 0.05) is 6.42 Å². The van der Waals surface area contributed by atoms with Gasteiger partial charge in [-0.1, -0.05) is 0 Å². The molecule has 0 aliphatic rings. The van der Waals surface area contributed by atoms with Gasteiger partial charge in [0.15, 0.2) is 0 Å². The van der Waals surface area contributed by atoms with Crippen LogP contribution in [0.25, 0.3) is 0 Å². The van der Waals surface area contributed by atoms with Crippen molar-refractivity contribution in [2.24, 2.45) is 5.73 Å². The first-order chi connectivity index (χ1) is 5.07. The van der Waals surface area contributed by atoms with Crippen LogP contribution in [0.5, 0.6) is 0 Å². The first-order valence-corrected chi connectivity index (χ1v) is 3.15. The zero-order valence-electron chi connectivity index (χ0n) is 6.28. The molecule has 0 spiro atoms. The lowest BCUT2D eigenvalue weighted by molar-refractivity contribution is 0.0190. The zero-order valence-corrected chi connectivity index (χ0v) is 6.28. The molecule has 11 heavy (non-hydrogen) atoms. The number of hydrogen-bond acceptors (Lipinski definition) is 3. The zero-order chi connectivity index (χ0) is 8.85. The average Bonchev–Trinajstić information content (AvgIpc) is 1.86. The van der Waals surface area contributed by atoms with Crippen LogP contribution >= 0.6 is 0 Å². The highest BCUT2D eigenvalue weighted by Gasteiger charge is 2.16. The van der Waals surface area contributed by atoms with Crippen molar-refractivity contribution >= 4 is 6.09 Å². The Morgan fingerprint density at radius 1 is 1.91 bits per heavy atom. The molecule has 4 nitrogen and oxygen atoms in total. The van der Waals surface area contributed by atoms with E-state index in [-0.39, 0.29) is 6.42 Å². The molecule has 2 atom stereocenters. The number of amides is 1. The minimum atomic E-state index is -0.925. The molecule has 62 valence electrons. The van der Waals surface area contributed by atoms with E-state index in [1.165, 1.54) is 6.92 Å². The average molecular weight is 157 g/mol. The molecule has 0 rings (SSSR count). The van der Waals surface area contributed by atoms with E-state index in [2.05, 4.69) is 10.7 Å². The van der Waals surface area contributed by atoms with Crippen molar-refractivity contribution in [2.45, 2.75) is 25.6 Å². The number of rotatable bonds is 3. The lowest BCUT2D eigenvalue weighted by atomic mass is 10.2. The monoisotopic (exact) mass is 157 g/mol. The maximum absolute atomic E-state index is 10.2. The summed E-state index contributed by atoms with van der Waals surface area (Å²) in [6.45, 7) is 1.48. The fourth-order valence-corrected chi connectivity index (χ4v) is 0.576. The molecule has 4 heteroatoms. The number of hydrogen-bond donors (Lipinski definition) is 2. The second-order valence-corrected chi connectivity index (χ2v) is 2.12. The van der Waals surface area contributed by atoms with Crippen LogP contribution in [0, 0.1) is 12.3 Å². The highest BCUT2D eigenvalue weighted by atomic mass is 16.6. The lowest BCUT2D eigenvalue weighted by Gasteiger charge is -2.16. The highest BCUT2D eigenvalue weighted by molar-refractivity contribution is 5.64. The molecule has 0 fully saturated rings. The van der Waals surface area contributed by atoms with Crippen molar-refractivity contribution in [2.75, 3.05) is 0 Å². The summed E-state index contributed by atoms with van der Waals surface area (Å²) in [5.74, 6) is 2.26. The van der Waals surface area contributed by atoms with E-state index < -0.39 is 18.3 Å². The number of primary amides is 1. The Morgan fingerprint density at radius 3 is 2.73 bits per heavy atom. The van der Waals surface area contributed by atoms with Crippen LogP contribution in [0.15, 0.2) is 0 Å². The van der Waals surface area contributed by atoms with E-state index >= 15 is 0 Å². The molecular weight excluding hydrogens is 146 g/mol. The SMILES string of the molecule is C#CC[C@H](OC(N)=O)[C@H](C)O. The fraction of sp³-hybridized carbons (Fsp3) is 0.571. The predicted molar refractivity (Wildman–Crippen MR) is 39.6 cm³/mol. The van der Waals surface area contributed by atoms with Crippen LogP contribution < -0.4 is 5.73 Å². The summed E-state index contributed by atoms with van der Waals surface area (Å²) in [5.41, 5.74) is 4.72. The molecule has 0 aliphatic carbocycles. The number of terminal acetylenes is 1. The first-order valence-electron chi connectivity index (χ1n) is 3.15. The molecule has 1 amide bonds. The largest absolute Gasteiger partial charge is 0.443 e. The Labute approximate surface area is 65.3 Å². The molecule has 0 unspecified atom stereocenters. The number of aliphatic hydroxyl groups excluding tert-OH is 1. The fourth-order valence-electron chi connectivity index (χ4n) is 0.576. The minimum Gasteiger partial charge on any atom is -0.443 e.